The molecule has 1 amide bonds. The van der Waals surface area contributed by atoms with E-state index in [2.05, 4.69) is 42.7 Å². The molecule has 134 valence electrons. The lowest BCUT2D eigenvalue weighted by atomic mass is 9.94. The van der Waals surface area contributed by atoms with Crippen molar-refractivity contribution < 1.29 is 4.79 Å². The number of aromatic nitrogens is 1. The number of piperidine rings is 1. The zero-order valence-corrected chi connectivity index (χ0v) is 15.4. The first-order chi connectivity index (χ1) is 12.1. The second-order valence-electron chi connectivity index (χ2n) is 7.19. The Hall–Kier alpha value is -2.07. The predicted octanol–water partition coefficient (Wildman–Crippen LogP) is 3.35. The van der Waals surface area contributed by atoms with Gasteiger partial charge < -0.3 is 15.2 Å². The van der Waals surface area contributed by atoms with Gasteiger partial charge in [0.1, 0.15) is 0 Å². The van der Waals surface area contributed by atoms with E-state index in [9.17, 15) is 4.79 Å². The normalized spacial score (nSPS) is 17.7. The van der Waals surface area contributed by atoms with Gasteiger partial charge in [-0.1, -0.05) is 30.3 Å². The molecule has 0 bridgehead atoms. The molecule has 25 heavy (non-hydrogen) atoms. The summed E-state index contributed by atoms with van der Waals surface area (Å²) in [7, 11) is 0. The van der Waals surface area contributed by atoms with Crippen LogP contribution >= 0.6 is 0 Å². The van der Waals surface area contributed by atoms with Crippen molar-refractivity contribution in [2.45, 2.75) is 39.7 Å². The second kappa shape index (κ2) is 7.87. The van der Waals surface area contributed by atoms with E-state index in [-0.39, 0.29) is 5.91 Å². The van der Waals surface area contributed by atoms with Gasteiger partial charge >= 0.3 is 0 Å². The van der Waals surface area contributed by atoms with Crippen molar-refractivity contribution in [1.29, 1.82) is 0 Å². The van der Waals surface area contributed by atoms with E-state index in [1.807, 2.05) is 17.0 Å². The highest BCUT2D eigenvalue weighted by molar-refractivity contribution is 5.95. The Morgan fingerprint density at radius 2 is 2.00 bits per heavy atom. The molecule has 1 atom stereocenters. The molecule has 1 aromatic carbocycles. The van der Waals surface area contributed by atoms with Crippen molar-refractivity contribution in [1.82, 2.24) is 9.47 Å². The van der Waals surface area contributed by atoms with Gasteiger partial charge in [-0.05, 0) is 57.2 Å². The number of hydrogen-bond donors (Lipinski definition) is 1. The van der Waals surface area contributed by atoms with Gasteiger partial charge in [0.15, 0.2) is 0 Å². The number of benzene rings is 1. The summed E-state index contributed by atoms with van der Waals surface area (Å²) in [6, 6.07) is 12.4. The first kappa shape index (κ1) is 17.7. The molecular formula is C21H29N3O. The zero-order valence-electron chi connectivity index (χ0n) is 15.4. The summed E-state index contributed by atoms with van der Waals surface area (Å²) >= 11 is 0. The summed E-state index contributed by atoms with van der Waals surface area (Å²) in [6.45, 7) is 7.37. The third-order valence-electron chi connectivity index (χ3n) is 5.37. The van der Waals surface area contributed by atoms with E-state index >= 15 is 0 Å². The molecule has 1 fully saturated rings. The summed E-state index contributed by atoms with van der Waals surface area (Å²) < 4.78 is 2.24. The van der Waals surface area contributed by atoms with Gasteiger partial charge in [0.05, 0.1) is 5.56 Å². The molecule has 2 heterocycles. The third-order valence-corrected chi connectivity index (χ3v) is 5.37. The van der Waals surface area contributed by atoms with Crippen molar-refractivity contribution in [3.63, 3.8) is 0 Å². The Balaban J connectivity index is 1.78. The molecule has 3 rings (SSSR count). The Morgan fingerprint density at radius 1 is 1.24 bits per heavy atom. The minimum atomic E-state index is 0.175. The minimum absolute atomic E-state index is 0.175. The lowest BCUT2D eigenvalue weighted by Crippen LogP contribution is -2.40. The summed E-state index contributed by atoms with van der Waals surface area (Å²) in [5.41, 5.74) is 10.0. The Bertz CT molecular complexity index is 718. The average molecular weight is 339 g/mol. The van der Waals surface area contributed by atoms with E-state index in [0.29, 0.717) is 12.5 Å². The summed E-state index contributed by atoms with van der Waals surface area (Å²) in [5.74, 6) is 0.727. The van der Waals surface area contributed by atoms with Crippen LogP contribution in [0.5, 0.6) is 0 Å². The van der Waals surface area contributed by atoms with E-state index < -0.39 is 0 Å². The van der Waals surface area contributed by atoms with Crippen LogP contribution in [0.25, 0.3) is 0 Å². The van der Waals surface area contributed by atoms with Crippen LogP contribution in [0.2, 0.25) is 0 Å². The second-order valence-corrected chi connectivity index (χ2v) is 7.19. The molecule has 2 N–H and O–H groups in total. The molecule has 1 aliphatic rings. The summed E-state index contributed by atoms with van der Waals surface area (Å²) in [6.07, 6.45) is 3.28. The van der Waals surface area contributed by atoms with Gasteiger partial charge in [0.25, 0.3) is 5.91 Å². The fraction of sp³-hybridized carbons (Fsp3) is 0.476. The highest BCUT2D eigenvalue weighted by Crippen LogP contribution is 2.24. The van der Waals surface area contributed by atoms with Crippen molar-refractivity contribution in [2.75, 3.05) is 19.6 Å². The van der Waals surface area contributed by atoms with Crippen LogP contribution in [-0.2, 0) is 6.54 Å². The molecule has 1 saturated heterocycles. The van der Waals surface area contributed by atoms with Crippen molar-refractivity contribution >= 4 is 5.91 Å². The topological polar surface area (TPSA) is 51.3 Å². The number of nitrogens with zero attached hydrogens (tertiary/aromatic N) is 2. The Labute approximate surface area is 150 Å². The first-order valence-electron chi connectivity index (χ1n) is 9.30. The maximum Gasteiger partial charge on any atom is 0.255 e. The highest BCUT2D eigenvalue weighted by Gasteiger charge is 2.26. The van der Waals surface area contributed by atoms with Gasteiger partial charge in [0.2, 0.25) is 0 Å². The fourth-order valence-corrected chi connectivity index (χ4v) is 3.92. The van der Waals surface area contributed by atoms with Crippen LogP contribution in [0.1, 0.15) is 46.6 Å². The molecule has 0 saturated carbocycles. The Morgan fingerprint density at radius 3 is 2.72 bits per heavy atom. The van der Waals surface area contributed by atoms with Gasteiger partial charge in [0, 0.05) is 31.0 Å². The smallest absolute Gasteiger partial charge is 0.255 e. The fourth-order valence-electron chi connectivity index (χ4n) is 3.92. The maximum absolute atomic E-state index is 13.1. The SMILES string of the molecule is Cc1cc(C(=O)N2CCCC(CCN)C2)c(C)n1Cc1ccccc1. The molecule has 0 aliphatic carbocycles. The van der Waals surface area contributed by atoms with Crippen LogP contribution in [0.15, 0.2) is 36.4 Å². The minimum Gasteiger partial charge on any atom is -0.344 e. The molecule has 1 aliphatic heterocycles. The lowest BCUT2D eigenvalue weighted by Gasteiger charge is -2.32. The van der Waals surface area contributed by atoms with Crippen molar-refractivity contribution in [3.05, 3.63) is 58.9 Å². The third kappa shape index (κ3) is 3.96. The molecule has 4 nitrogen and oxygen atoms in total. The number of amides is 1. The molecular weight excluding hydrogens is 310 g/mol. The van der Waals surface area contributed by atoms with Crippen LogP contribution in [0.4, 0.5) is 0 Å². The van der Waals surface area contributed by atoms with Gasteiger partial charge in [-0.25, -0.2) is 0 Å². The van der Waals surface area contributed by atoms with Crippen LogP contribution in [-0.4, -0.2) is 35.0 Å². The number of hydrogen-bond acceptors (Lipinski definition) is 2. The lowest BCUT2D eigenvalue weighted by molar-refractivity contribution is 0.0668. The number of carbonyl (C=O) groups excluding carboxylic acids is 1. The number of aryl methyl sites for hydroxylation is 1. The first-order valence-corrected chi connectivity index (χ1v) is 9.30. The number of likely N-dealkylation sites (tertiary alicyclic amines) is 1. The molecule has 4 heteroatoms. The monoisotopic (exact) mass is 339 g/mol. The van der Waals surface area contributed by atoms with Gasteiger partial charge in [-0.2, -0.15) is 0 Å². The van der Waals surface area contributed by atoms with E-state index in [0.717, 1.165) is 49.4 Å². The van der Waals surface area contributed by atoms with E-state index in [1.54, 1.807) is 0 Å². The zero-order chi connectivity index (χ0) is 17.8. The van der Waals surface area contributed by atoms with Crippen LogP contribution in [0.3, 0.4) is 0 Å². The van der Waals surface area contributed by atoms with Crippen LogP contribution in [0, 0.1) is 19.8 Å². The van der Waals surface area contributed by atoms with Gasteiger partial charge in [-0.3, -0.25) is 4.79 Å². The van der Waals surface area contributed by atoms with E-state index in [4.69, 9.17) is 5.73 Å². The highest BCUT2D eigenvalue weighted by atomic mass is 16.2. The predicted molar refractivity (Wildman–Crippen MR) is 102 cm³/mol. The molecule has 2 aromatic rings. The van der Waals surface area contributed by atoms with Crippen molar-refractivity contribution in [3.8, 4) is 0 Å². The maximum atomic E-state index is 13.1. The number of nitrogens with two attached hydrogens (primary N) is 1. The number of rotatable bonds is 5. The van der Waals surface area contributed by atoms with Crippen molar-refractivity contribution in [2.24, 2.45) is 11.7 Å². The average Bonchev–Trinajstić information content (AvgIpc) is 2.91. The van der Waals surface area contributed by atoms with Gasteiger partial charge in [-0.15, -0.1) is 0 Å². The molecule has 1 unspecified atom stereocenters. The standard InChI is InChI=1S/C21H29N3O/c1-16-13-20(17(2)24(16)15-18-7-4-3-5-8-18)21(25)23-12-6-9-19(14-23)10-11-22/h3-5,7-8,13,19H,6,9-12,14-15,22H2,1-2H3. The Kier molecular flexibility index (Phi) is 5.59. The summed E-state index contributed by atoms with van der Waals surface area (Å²) in [4.78, 5) is 15.1. The molecule has 1 aromatic heterocycles. The largest absolute Gasteiger partial charge is 0.344 e. The molecule has 0 spiro atoms. The summed E-state index contributed by atoms with van der Waals surface area (Å²) in [5, 5.41) is 0. The van der Waals surface area contributed by atoms with E-state index in [1.165, 1.54) is 12.0 Å². The van der Waals surface area contributed by atoms with Crippen LogP contribution < -0.4 is 5.73 Å². The number of carbonyl (C=O) groups is 1. The quantitative estimate of drug-likeness (QED) is 0.908. The molecule has 0 radical (unpaired) electrons.